The Labute approximate surface area is 94.8 Å². The highest BCUT2D eigenvalue weighted by Crippen LogP contribution is 2.21. The first-order valence-electron chi connectivity index (χ1n) is 5.47. The lowest BCUT2D eigenvalue weighted by Gasteiger charge is -2.08. The second-order valence-electron chi connectivity index (χ2n) is 3.60. The largest absolute Gasteiger partial charge is 0.383 e. The van der Waals surface area contributed by atoms with Gasteiger partial charge in [0.05, 0.1) is 0 Å². The van der Waals surface area contributed by atoms with E-state index in [9.17, 15) is 5.11 Å². The quantitative estimate of drug-likeness (QED) is 0.722. The predicted molar refractivity (Wildman–Crippen MR) is 57.6 cm³/mol. The number of ether oxygens (including phenoxy) is 1. The molecule has 1 heterocycles. The van der Waals surface area contributed by atoms with E-state index in [1.54, 1.807) is 7.11 Å². The summed E-state index contributed by atoms with van der Waals surface area (Å²) in [5.41, 5.74) is 5.33. The Kier molecular flexibility index (Phi) is 5.37. The number of rotatable bonds is 7. The van der Waals surface area contributed by atoms with Crippen molar-refractivity contribution in [3.05, 3.63) is 11.7 Å². The van der Waals surface area contributed by atoms with Crippen LogP contribution in [-0.4, -0.2) is 28.9 Å². The van der Waals surface area contributed by atoms with Crippen LogP contribution in [0, 0.1) is 0 Å². The number of methoxy groups -OCH3 is 1. The van der Waals surface area contributed by atoms with Crippen molar-refractivity contribution in [2.24, 2.45) is 5.73 Å². The van der Waals surface area contributed by atoms with Crippen LogP contribution in [0.1, 0.15) is 50.1 Å². The maximum absolute atomic E-state index is 9.60. The van der Waals surface area contributed by atoms with Gasteiger partial charge >= 0.3 is 0 Å². The molecule has 0 aliphatic heterocycles. The lowest BCUT2D eigenvalue weighted by Crippen LogP contribution is -2.08. The van der Waals surface area contributed by atoms with Crippen molar-refractivity contribution in [1.82, 2.24) is 10.1 Å². The SMILES string of the molecule is CCCC(OC)c1noc(C(O)CCN)n1. The highest BCUT2D eigenvalue weighted by Gasteiger charge is 2.20. The van der Waals surface area contributed by atoms with E-state index in [1.165, 1.54) is 0 Å². The Morgan fingerprint density at radius 3 is 2.81 bits per heavy atom. The molecule has 1 rings (SSSR count). The molecule has 3 N–H and O–H groups in total. The monoisotopic (exact) mass is 229 g/mol. The first kappa shape index (κ1) is 13.1. The van der Waals surface area contributed by atoms with Gasteiger partial charge in [-0.3, -0.25) is 0 Å². The summed E-state index contributed by atoms with van der Waals surface area (Å²) < 4.78 is 10.2. The molecule has 0 spiro atoms. The van der Waals surface area contributed by atoms with Gasteiger partial charge in [0.1, 0.15) is 12.2 Å². The Morgan fingerprint density at radius 1 is 1.50 bits per heavy atom. The van der Waals surface area contributed by atoms with Gasteiger partial charge < -0.3 is 20.1 Å². The minimum absolute atomic E-state index is 0.174. The van der Waals surface area contributed by atoms with E-state index >= 15 is 0 Å². The Hall–Kier alpha value is -0.980. The molecule has 0 saturated heterocycles. The summed E-state index contributed by atoms with van der Waals surface area (Å²) in [6.45, 7) is 2.43. The van der Waals surface area contributed by atoms with E-state index in [-0.39, 0.29) is 12.0 Å². The van der Waals surface area contributed by atoms with Crippen LogP contribution in [-0.2, 0) is 4.74 Å². The van der Waals surface area contributed by atoms with Crippen LogP contribution in [0.2, 0.25) is 0 Å². The molecule has 0 radical (unpaired) electrons. The number of nitrogens with zero attached hydrogens (tertiary/aromatic N) is 2. The van der Waals surface area contributed by atoms with Gasteiger partial charge in [-0.2, -0.15) is 4.98 Å². The number of hydrogen-bond acceptors (Lipinski definition) is 6. The van der Waals surface area contributed by atoms with Crippen LogP contribution in [0.4, 0.5) is 0 Å². The van der Waals surface area contributed by atoms with Crippen molar-refractivity contribution >= 4 is 0 Å². The summed E-state index contributed by atoms with van der Waals surface area (Å²) in [6, 6.07) is 0. The second-order valence-corrected chi connectivity index (χ2v) is 3.60. The zero-order valence-electron chi connectivity index (χ0n) is 9.72. The first-order chi connectivity index (χ1) is 7.72. The lowest BCUT2D eigenvalue weighted by molar-refractivity contribution is 0.0853. The summed E-state index contributed by atoms with van der Waals surface area (Å²) in [5.74, 6) is 0.689. The highest BCUT2D eigenvalue weighted by atomic mass is 16.5. The molecule has 6 heteroatoms. The molecular weight excluding hydrogens is 210 g/mol. The third kappa shape index (κ3) is 3.26. The fourth-order valence-electron chi connectivity index (χ4n) is 1.41. The van der Waals surface area contributed by atoms with Crippen LogP contribution < -0.4 is 5.73 Å². The van der Waals surface area contributed by atoms with Gasteiger partial charge in [0.15, 0.2) is 0 Å². The van der Waals surface area contributed by atoms with Gasteiger partial charge in [0.25, 0.3) is 5.89 Å². The molecule has 0 bridgehead atoms. The summed E-state index contributed by atoms with van der Waals surface area (Å²) in [7, 11) is 1.60. The van der Waals surface area contributed by atoms with Crippen LogP contribution in [0.3, 0.4) is 0 Å². The zero-order valence-corrected chi connectivity index (χ0v) is 9.72. The van der Waals surface area contributed by atoms with Gasteiger partial charge in [-0.15, -0.1) is 0 Å². The van der Waals surface area contributed by atoms with E-state index < -0.39 is 6.10 Å². The van der Waals surface area contributed by atoms with Gasteiger partial charge in [0.2, 0.25) is 5.82 Å². The molecule has 0 aliphatic rings. The average Bonchev–Trinajstić information content (AvgIpc) is 2.75. The van der Waals surface area contributed by atoms with E-state index in [0.717, 1.165) is 12.8 Å². The zero-order chi connectivity index (χ0) is 12.0. The molecule has 1 aromatic heterocycles. The number of aliphatic hydroxyl groups excluding tert-OH is 1. The maximum Gasteiger partial charge on any atom is 0.255 e. The standard InChI is InChI=1S/C10H19N3O3/c1-3-4-8(15-2)9-12-10(16-13-9)7(14)5-6-11/h7-8,14H,3-6,11H2,1-2H3. The van der Waals surface area contributed by atoms with E-state index in [2.05, 4.69) is 17.1 Å². The second kappa shape index (κ2) is 6.57. The smallest absolute Gasteiger partial charge is 0.255 e. The fraction of sp³-hybridized carbons (Fsp3) is 0.800. The predicted octanol–water partition coefficient (Wildman–Crippen LogP) is 0.939. The molecule has 0 amide bonds. The minimum atomic E-state index is -0.787. The van der Waals surface area contributed by atoms with Gasteiger partial charge in [-0.1, -0.05) is 18.5 Å². The van der Waals surface area contributed by atoms with Crippen molar-refractivity contribution in [1.29, 1.82) is 0 Å². The Morgan fingerprint density at radius 2 is 2.25 bits per heavy atom. The first-order valence-corrected chi connectivity index (χ1v) is 5.47. The number of hydrogen-bond donors (Lipinski definition) is 2. The molecule has 0 aromatic carbocycles. The molecule has 0 fully saturated rings. The normalized spacial score (nSPS) is 15.0. The average molecular weight is 229 g/mol. The van der Waals surface area contributed by atoms with Gasteiger partial charge in [-0.05, 0) is 19.4 Å². The van der Waals surface area contributed by atoms with Crippen molar-refractivity contribution in [2.75, 3.05) is 13.7 Å². The molecule has 0 saturated carbocycles. The Balaban J connectivity index is 2.68. The summed E-state index contributed by atoms with van der Waals surface area (Å²) in [4.78, 5) is 4.11. The Bertz CT molecular complexity index is 303. The van der Waals surface area contributed by atoms with Crippen LogP contribution in [0.15, 0.2) is 4.52 Å². The lowest BCUT2D eigenvalue weighted by atomic mass is 10.2. The topological polar surface area (TPSA) is 94.4 Å². The van der Waals surface area contributed by atoms with E-state index in [1.807, 2.05) is 0 Å². The molecular formula is C10H19N3O3. The number of nitrogens with two attached hydrogens (primary N) is 1. The van der Waals surface area contributed by atoms with Crippen LogP contribution in [0.25, 0.3) is 0 Å². The van der Waals surface area contributed by atoms with E-state index in [4.69, 9.17) is 15.0 Å². The minimum Gasteiger partial charge on any atom is -0.383 e. The molecule has 0 aliphatic carbocycles. The molecule has 6 nitrogen and oxygen atoms in total. The third-order valence-corrected chi connectivity index (χ3v) is 2.31. The van der Waals surface area contributed by atoms with E-state index in [0.29, 0.717) is 18.8 Å². The molecule has 2 atom stereocenters. The molecule has 16 heavy (non-hydrogen) atoms. The van der Waals surface area contributed by atoms with Crippen molar-refractivity contribution < 1.29 is 14.4 Å². The number of aliphatic hydroxyl groups is 1. The highest BCUT2D eigenvalue weighted by molar-refractivity contribution is 4.93. The van der Waals surface area contributed by atoms with Gasteiger partial charge in [-0.25, -0.2) is 0 Å². The molecule has 2 unspecified atom stereocenters. The van der Waals surface area contributed by atoms with Crippen molar-refractivity contribution in [3.63, 3.8) is 0 Å². The van der Waals surface area contributed by atoms with Crippen molar-refractivity contribution in [2.45, 2.75) is 38.4 Å². The van der Waals surface area contributed by atoms with Crippen LogP contribution >= 0.6 is 0 Å². The summed E-state index contributed by atoms with van der Waals surface area (Å²) in [5, 5.41) is 13.4. The van der Waals surface area contributed by atoms with Gasteiger partial charge in [0, 0.05) is 7.11 Å². The molecule has 92 valence electrons. The maximum atomic E-state index is 9.60. The molecule has 1 aromatic rings. The summed E-state index contributed by atoms with van der Waals surface area (Å²) >= 11 is 0. The summed E-state index contributed by atoms with van der Waals surface area (Å²) in [6.07, 6.45) is 1.24. The van der Waals surface area contributed by atoms with Crippen LogP contribution in [0.5, 0.6) is 0 Å². The fourth-order valence-corrected chi connectivity index (χ4v) is 1.41. The van der Waals surface area contributed by atoms with Crippen molar-refractivity contribution in [3.8, 4) is 0 Å². The number of aromatic nitrogens is 2. The third-order valence-electron chi connectivity index (χ3n) is 2.31.